The van der Waals surface area contributed by atoms with Crippen LogP contribution in [0.3, 0.4) is 0 Å². The lowest BCUT2D eigenvalue weighted by Gasteiger charge is -2.31. The second kappa shape index (κ2) is 9.65. The van der Waals surface area contributed by atoms with E-state index in [0.29, 0.717) is 37.7 Å². The first-order valence-electron chi connectivity index (χ1n) is 11.5. The Labute approximate surface area is 195 Å². The minimum Gasteiger partial charge on any atom is -0.350 e. The molecule has 8 heteroatoms. The summed E-state index contributed by atoms with van der Waals surface area (Å²) in [7, 11) is -3.56. The highest BCUT2D eigenvalue weighted by molar-refractivity contribution is 7.89. The summed E-state index contributed by atoms with van der Waals surface area (Å²) in [4.78, 5) is 26.9. The number of benzene rings is 2. The molecule has 4 rings (SSSR count). The SMILES string of the molecule is Cc1ccc(CNC(=O)CN2C(=O)CCc3cc(S(=O)(=O)N4CCC(C)CC4)ccc32)cc1. The molecule has 0 spiro atoms. The van der Waals surface area contributed by atoms with Gasteiger partial charge < -0.3 is 10.2 Å². The van der Waals surface area contributed by atoms with Gasteiger partial charge in [-0.3, -0.25) is 9.59 Å². The van der Waals surface area contributed by atoms with Crippen molar-refractivity contribution in [3.05, 3.63) is 59.2 Å². The Bertz CT molecular complexity index is 1140. The molecule has 2 aliphatic heterocycles. The predicted molar refractivity (Wildman–Crippen MR) is 127 cm³/mol. The van der Waals surface area contributed by atoms with Crippen molar-refractivity contribution in [2.24, 2.45) is 5.92 Å². The van der Waals surface area contributed by atoms with Crippen molar-refractivity contribution < 1.29 is 18.0 Å². The van der Waals surface area contributed by atoms with Gasteiger partial charge in [-0.05, 0) is 61.4 Å². The van der Waals surface area contributed by atoms with Gasteiger partial charge in [0.2, 0.25) is 21.8 Å². The highest BCUT2D eigenvalue weighted by atomic mass is 32.2. The third-order valence-corrected chi connectivity index (χ3v) is 8.44. The Morgan fingerprint density at radius 2 is 1.76 bits per heavy atom. The van der Waals surface area contributed by atoms with E-state index < -0.39 is 10.0 Å². The number of hydrogen-bond donors (Lipinski definition) is 1. The molecule has 0 bridgehead atoms. The van der Waals surface area contributed by atoms with Crippen LogP contribution in [0.4, 0.5) is 5.69 Å². The number of carbonyl (C=O) groups is 2. The van der Waals surface area contributed by atoms with Crippen LogP contribution in [-0.4, -0.2) is 44.2 Å². The number of fused-ring (bicyclic) bond motifs is 1. The van der Waals surface area contributed by atoms with Gasteiger partial charge in [0.25, 0.3) is 0 Å². The lowest BCUT2D eigenvalue weighted by atomic mass is 10.0. The van der Waals surface area contributed by atoms with E-state index >= 15 is 0 Å². The van der Waals surface area contributed by atoms with Crippen molar-refractivity contribution in [1.29, 1.82) is 0 Å². The third-order valence-electron chi connectivity index (χ3n) is 6.54. The van der Waals surface area contributed by atoms with E-state index in [1.165, 1.54) is 4.90 Å². The smallest absolute Gasteiger partial charge is 0.243 e. The predicted octanol–water partition coefficient (Wildman–Crippen LogP) is 3.01. The maximum Gasteiger partial charge on any atom is 0.243 e. The fourth-order valence-electron chi connectivity index (χ4n) is 4.35. The molecule has 0 aliphatic carbocycles. The van der Waals surface area contributed by atoms with Crippen LogP contribution < -0.4 is 10.2 Å². The summed E-state index contributed by atoms with van der Waals surface area (Å²) in [5.74, 6) is 0.154. The Morgan fingerprint density at radius 1 is 1.06 bits per heavy atom. The van der Waals surface area contributed by atoms with E-state index in [9.17, 15) is 18.0 Å². The van der Waals surface area contributed by atoms with Gasteiger partial charge in [-0.1, -0.05) is 36.8 Å². The first kappa shape index (κ1) is 23.4. The lowest BCUT2D eigenvalue weighted by Crippen LogP contribution is -2.43. The van der Waals surface area contributed by atoms with Crippen LogP contribution in [0.25, 0.3) is 0 Å². The Morgan fingerprint density at radius 3 is 2.45 bits per heavy atom. The maximum absolute atomic E-state index is 13.1. The van der Waals surface area contributed by atoms with Crippen LogP contribution in [0.1, 0.15) is 42.9 Å². The number of hydrogen-bond acceptors (Lipinski definition) is 4. The van der Waals surface area contributed by atoms with Gasteiger partial charge in [0.05, 0.1) is 4.90 Å². The molecule has 2 amide bonds. The fourth-order valence-corrected chi connectivity index (χ4v) is 5.87. The van der Waals surface area contributed by atoms with Crippen LogP contribution >= 0.6 is 0 Å². The minimum absolute atomic E-state index is 0.0895. The van der Waals surface area contributed by atoms with Crippen molar-refractivity contribution in [3.8, 4) is 0 Å². The number of rotatable bonds is 6. The first-order valence-corrected chi connectivity index (χ1v) is 12.9. The van der Waals surface area contributed by atoms with Crippen molar-refractivity contribution in [2.75, 3.05) is 24.5 Å². The number of nitrogens with zero attached hydrogens (tertiary/aromatic N) is 2. The van der Waals surface area contributed by atoms with Gasteiger partial charge in [-0.15, -0.1) is 0 Å². The van der Waals surface area contributed by atoms with Crippen LogP contribution in [0.5, 0.6) is 0 Å². The second-order valence-corrected chi connectivity index (χ2v) is 11.1. The normalized spacial score (nSPS) is 17.6. The zero-order valence-corrected chi connectivity index (χ0v) is 20.0. The van der Waals surface area contributed by atoms with Crippen molar-refractivity contribution in [1.82, 2.24) is 9.62 Å². The summed E-state index contributed by atoms with van der Waals surface area (Å²) >= 11 is 0. The molecule has 1 N–H and O–H groups in total. The fraction of sp³-hybridized carbons (Fsp3) is 0.440. The third kappa shape index (κ3) is 5.28. The van der Waals surface area contributed by atoms with Gasteiger partial charge >= 0.3 is 0 Å². The number of nitrogens with one attached hydrogen (secondary N) is 1. The van der Waals surface area contributed by atoms with Crippen molar-refractivity contribution in [2.45, 2.75) is 51.0 Å². The number of sulfonamides is 1. The average molecular weight is 470 g/mol. The van der Waals surface area contributed by atoms with Crippen molar-refractivity contribution >= 4 is 27.5 Å². The summed E-state index contributed by atoms with van der Waals surface area (Å²) < 4.78 is 27.8. The topological polar surface area (TPSA) is 86.8 Å². The quantitative estimate of drug-likeness (QED) is 0.705. The Balaban J connectivity index is 1.47. The molecule has 33 heavy (non-hydrogen) atoms. The van der Waals surface area contributed by atoms with Crippen LogP contribution in [0.2, 0.25) is 0 Å². The molecular formula is C25H31N3O4S. The first-order chi connectivity index (χ1) is 15.7. The van der Waals surface area contributed by atoms with Gasteiger partial charge in [0, 0.05) is 31.7 Å². The van der Waals surface area contributed by atoms with E-state index in [-0.39, 0.29) is 29.7 Å². The van der Waals surface area contributed by atoms with Gasteiger partial charge in [0.1, 0.15) is 6.54 Å². The second-order valence-electron chi connectivity index (χ2n) is 9.12. The highest BCUT2D eigenvalue weighted by Gasteiger charge is 2.31. The molecular weight excluding hydrogens is 438 g/mol. The highest BCUT2D eigenvalue weighted by Crippen LogP contribution is 2.32. The number of anilines is 1. The molecule has 0 unspecified atom stereocenters. The molecule has 0 radical (unpaired) electrons. The number of carbonyl (C=O) groups excluding carboxylic acids is 2. The van der Waals surface area contributed by atoms with E-state index in [1.807, 2.05) is 31.2 Å². The minimum atomic E-state index is -3.56. The zero-order chi connectivity index (χ0) is 23.6. The van der Waals surface area contributed by atoms with Crippen molar-refractivity contribution in [3.63, 3.8) is 0 Å². The van der Waals surface area contributed by atoms with E-state index in [0.717, 1.165) is 29.5 Å². The monoisotopic (exact) mass is 469 g/mol. The molecule has 7 nitrogen and oxygen atoms in total. The molecule has 2 heterocycles. The van der Waals surface area contributed by atoms with E-state index in [4.69, 9.17) is 0 Å². The summed E-state index contributed by atoms with van der Waals surface area (Å²) in [5, 5.41) is 2.86. The largest absolute Gasteiger partial charge is 0.350 e. The summed E-state index contributed by atoms with van der Waals surface area (Å²) in [6.45, 7) is 5.52. The summed E-state index contributed by atoms with van der Waals surface area (Å²) in [5.41, 5.74) is 3.54. The number of piperidine rings is 1. The molecule has 2 aliphatic rings. The molecule has 176 valence electrons. The van der Waals surface area contributed by atoms with Gasteiger partial charge in [0.15, 0.2) is 0 Å². The molecule has 0 atom stereocenters. The maximum atomic E-state index is 13.1. The van der Waals surface area contributed by atoms with Gasteiger partial charge in [-0.2, -0.15) is 4.31 Å². The number of amides is 2. The molecule has 2 aromatic carbocycles. The zero-order valence-electron chi connectivity index (χ0n) is 19.2. The van der Waals surface area contributed by atoms with E-state index in [2.05, 4.69) is 12.2 Å². The van der Waals surface area contributed by atoms with E-state index in [1.54, 1.807) is 22.5 Å². The number of aryl methyl sites for hydroxylation is 2. The van der Waals surface area contributed by atoms with Crippen LogP contribution in [0.15, 0.2) is 47.4 Å². The molecule has 1 saturated heterocycles. The molecule has 0 saturated carbocycles. The van der Waals surface area contributed by atoms with Crippen LogP contribution in [0, 0.1) is 12.8 Å². The van der Waals surface area contributed by atoms with Crippen LogP contribution in [-0.2, 0) is 32.6 Å². The van der Waals surface area contributed by atoms with Gasteiger partial charge in [-0.25, -0.2) is 8.42 Å². The molecule has 2 aromatic rings. The summed E-state index contributed by atoms with van der Waals surface area (Å²) in [6, 6.07) is 12.8. The average Bonchev–Trinajstić information content (AvgIpc) is 2.80. The summed E-state index contributed by atoms with van der Waals surface area (Å²) in [6.07, 6.45) is 2.45. The Hall–Kier alpha value is -2.71. The lowest BCUT2D eigenvalue weighted by molar-refractivity contribution is -0.124. The molecule has 0 aromatic heterocycles. The standard InChI is InChI=1S/C25H31N3O4S/c1-18-3-5-20(6-4-18)16-26-24(29)17-28-23-9-8-22(15-21(23)7-10-25(28)30)33(31,32)27-13-11-19(2)12-14-27/h3-6,8-9,15,19H,7,10-14,16-17H2,1-2H3,(H,26,29). The Kier molecular flexibility index (Phi) is 6.86. The molecule has 1 fully saturated rings.